The fraction of sp³-hybridized carbons (Fsp3) is 0.266. The van der Waals surface area contributed by atoms with Gasteiger partial charge in [-0.1, -0.05) is 160 Å². The van der Waals surface area contributed by atoms with Crippen LogP contribution >= 0.6 is 74.1 Å². The van der Waals surface area contributed by atoms with E-state index in [4.69, 9.17) is 132 Å². The van der Waals surface area contributed by atoms with Crippen LogP contribution in [0.1, 0.15) is 64.6 Å². The lowest BCUT2D eigenvalue weighted by Crippen LogP contribution is -2.17. The summed E-state index contributed by atoms with van der Waals surface area (Å²) in [6.45, 7) is 7.97. The molecule has 7 aromatic carbocycles. The summed E-state index contributed by atoms with van der Waals surface area (Å²) in [4.78, 5) is 2.79. The highest BCUT2D eigenvalue weighted by Gasteiger charge is 2.32. The third kappa shape index (κ3) is 45.3. The van der Waals surface area contributed by atoms with E-state index in [0.29, 0.717) is 63.3 Å². The van der Waals surface area contributed by atoms with Gasteiger partial charge in [0.2, 0.25) is 0 Å². The zero-order chi connectivity index (χ0) is 84.8. The first-order valence-corrected chi connectivity index (χ1v) is 34.6. The van der Waals surface area contributed by atoms with Crippen molar-refractivity contribution in [1.29, 1.82) is 78.9 Å². The largest absolute Gasteiger partial charge is 0.573 e. The normalized spacial score (nSPS) is 10.5. The van der Waals surface area contributed by atoms with Gasteiger partial charge in [0.1, 0.15) is 53.0 Å². The molecule has 0 saturated carbocycles. The first-order valence-electron chi connectivity index (χ1n) is 31.5. The number of hydrogen-bond acceptors (Lipinski definition) is 17. The molecule has 568 valence electrons. The highest BCUT2D eigenvalue weighted by Crippen LogP contribution is 2.37. The molecule has 17 nitrogen and oxygen atoms in total. The lowest BCUT2D eigenvalue weighted by Gasteiger charge is -2.13. The zero-order valence-corrected chi connectivity index (χ0v) is 63.5. The van der Waals surface area contributed by atoms with Crippen LogP contribution in [-0.4, -0.2) is 24.1 Å². The molecule has 112 heavy (non-hydrogen) atoms. The predicted octanol–water partition coefficient (Wildman–Crippen LogP) is 22.0. The van der Waals surface area contributed by atoms with Crippen molar-refractivity contribution in [3.8, 4) is 96.8 Å². The Hall–Kier alpha value is -12.5. The molecule has 7 rings (SSSR count). The second-order valence-corrected chi connectivity index (χ2v) is 25.8. The number of ether oxygens (including phenoxy) is 1. The van der Waals surface area contributed by atoms with Gasteiger partial charge < -0.3 is 4.74 Å². The Morgan fingerprint density at radius 2 is 0.812 bits per heavy atom. The number of nitriles is 15. The van der Waals surface area contributed by atoms with E-state index in [1.807, 2.05) is 127 Å². The number of alkyl halides is 9. The summed E-state index contributed by atoms with van der Waals surface area (Å²) in [7, 11) is 0. The Bertz CT molecular complexity index is 4650. The standard InChI is InChI=1S/C12H9F3N2O.C11H7F3N2S.C10H7BrN2.2C10H6Cl2N2.C10H7FN2.C10H8N2.C6H5F3N2/c1-8(10(6-16)7-17)9-2-4-11(5-3-9)18-12(13,14)15;12-11(13,14)17-10-3-1-8(2-4-10)5-9(6-15)7-16;11-10-3-1-8(2-4-10)5-9(6-12)7-13;11-9-2-1-8(10(12)4-9)3-7(5-13)6-14;11-9-2-1-7(4-10(9)12)3-8(5-13)6-14;11-10-3-1-8(2-4-10)5-9(6-12)7-13;11-7-10(8-12)6-9-4-2-1-3-5-9;1-11-5(4-10)2-3-6(7,8)9/h2-5,8,10H,1H3;1-4,9H,5H2;1-4,9H,5H2;1-2,4,7H,3H2;1-2,4,8H,3H2;1-4,9H,5H2;1-5,10H,6H2;5H,2-3H2. The molecule has 0 heterocycles. The van der Waals surface area contributed by atoms with Gasteiger partial charge in [-0.3, -0.25) is 4.85 Å². The van der Waals surface area contributed by atoms with Crippen LogP contribution in [0.25, 0.3) is 4.85 Å². The van der Waals surface area contributed by atoms with E-state index in [-0.39, 0.29) is 40.6 Å². The van der Waals surface area contributed by atoms with Crippen LogP contribution in [0.3, 0.4) is 0 Å². The fourth-order valence-electron chi connectivity index (χ4n) is 8.03. The van der Waals surface area contributed by atoms with Gasteiger partial charge >= 0.3 is 24.1 Å². The van der Waals surface area contributed by atoms with Gasteiger partial charge in [-0.05, 0) is 124 Å². The van der Waals surface area contributed by atoms with Crippen molar-refractivity contribution in [2.24, 2.45) is 41.4 Å². The maximum absolute atomic E-state index is 12.5. The summed E-state index contributed by atoms with van der Waals surface area (Å²) >= 11 is 26.2. The van der Waals surface area contributed by atoms with Gasteiger partial charge in [0.05, 0.1) is 101 Å². The molecule has 0 aliphatic carbocycles. The lowest BCUT2D eigenvalue weighted by atomic mass is 9.90. The molecule has 0 aromatic heterocycles. The van der Waals surface area contributed by atoms with Crippen molar-refractivity contribution < 1.29 is 48.6 Å². The Morgan fingerprint density at radius 3 is 1.17 bits per heavy atom. The Labute approximate surface area is 673 Å². The predicted molar refractivity (Wildman–Crippen MR) is 396 cm³/mol. The van der Waals surface area contributed by atoms with Gasteiger partial charge in [0.15, 0.2) is 6.07 Å². The summed E-state index contributed by atoms with van der Waals surface area (Å²) < 4.78 is 124. The van der Waals surface area contributed by atoms with Gasteiger partial charge in [0.25, 0.3) is 0 Å². The smallest absolute Gasteiger partial charge is 0.406 e. The first-order chi connectivity index (χ1) is 53.0. The second kappa shape index (κ2) is 55.0. The molecule has 7 aromatic rings. The molecule has 0 aliphatic rings. The number of thioether (sulfide) groups is 1. The fourth-order valence-corrected chi connectivity index (χ4v) is 9.64. The molecule has 0 saturated heterocycles. The van der Waals surface area contributed by atoms with Crippen LogP contribution in [-0.2, 0) is 38.5 Å². The SMILES string of the molecule is CC(c1ccc(OC(F)(F)F)cc1)C(C#N)C#N.N#CC(C#N)Cc1ccc(Br)cc1.N#CC(C#N)Cc1ccc(Cl)c(Cl)c1.N#CC(C#N)Cc1ccc(Cl)cc1Cl.N#CC(C#N)Cc1ccc(F)cc1.N#CC(C#N)Cc1ccc(SC(F)(F)F)cc1.N#CC(C#N)Cc1ccccc1.[C-]#[N+]C(C#N)CCC(F)(F)F. The maximum atomic E-state index is 12.5. The van der Waals surface area contributed by atoms with Crippen LogP contribution < -0.4 is 4.74 Å². The molecule has 0 spiro atoms. The van der Waals surface area contributed by atoms with Gasteiger partial charge in [-0.2, -0.15) is 105 Å². The Morgan fingerprint density at radius 1 is 0.429 bits per heavy atom. The molecule has 2 atom stereocenters. The number of rotatable bonds is 18. The lowest BCUT2D eigenvalue weighted by molar-refractivity contribution is -0.274. The average Bonchev–Trinajstić information content (AvgIpc) is 0.863. The molecular weight excluding hydrogens is 1630 g/mol. The summed E-state index contributed by atoms with van der Waals surface area (Å²) in [5.41, 5.74) is 1.43. The molecule has 0 bridgehead atoms. The second-order valence-electron chi connectivity index (χ2n) is 22.1. The van der Waals surface area contributed by atoms with E-state index in [1.54, 1.807) is 67.6 Å². The van der Waals surface area contributed by atoms with Crippen LogP contribution in [0, 0.1) is 224 Å². The molecule has 0 amide bonds. The van der Waals surface area contributed by atoms with Crippen molar-refractivity contribution in [2.75, 3.05) is 0 Å². The van der Waals surface area contributed by atoms with Crippen molar-refractivity contribution in [3.05, 3.63) is 245 Å². The van der Waals surface area contributed by atoms with Crippen molar-refractivity contribution in [1.82, 2.24) is 0 Å². The van der Waals surface area contributed by atoms with Crippen LogP contribution in [0.15, 0.2) is 173 Å². The van der Waals surface area contributed by atoms with Gasteiger partial charge in [0, 0.05) is 70.3 Å². The summed E-state index contributed by atoms with van der Waals surface area (Å²) in [5, 5.41) is 130. The van der Waals surface area contributed by atoms with E-state index in [1.165, 1.54) is 54.6 Å². The van der Waals surface area contributed by atoms with Gasteiger partial charge in [-0.25, -0.2) is 11.0 Å². The molecule has 0 fully saturated rings. The first kappa shape index (κ1) is 99.5. The molecule has 33 heteroatoms. The minimum Gasteiger partial charge on any atom is -0.406 e. The number of halogens is 15. The van der Waals surface area contributed by atoms with E-state index in [2.05, 4.69) is 25.5 Å². The molecule has 0 radical (unpaired) electrons. The van der Waals surface area contributed by atoms with Crippen molar-refractivity contribution in [3.63, 3.8) is 0 Å². The highest BCUT2D eigenvalue weighted by atomic mass is 79.9. The number of hydrogen-bond donors (Lipinski definition) is 0. The Balaban J connectivity index is 0.00000126. The summed E-state index contributed by atoms with van der Waals surface area (Å²) in [6, 6.07) is 70.5. The van der Waals surface area contributed by atoms with E-state index in [9.17, 15) is 43.9 Å². The number of benzene rings is 7. The monoisotopic (exact) mass is 1680 g/mol. The summed E-state index contributed by atoms with van der Waals surface area (Å²) in [6.07, 6.45) is -8.16. The molecular formula is C79H55BrCl4F10N16OS. The number of nitrogens with zero attached hydrogens (tertiary/aromatic N) is 16. The van der Waals surface area contributed by atoms with Crippen LogP contribution in [0.5, 0.6) is 5.75 Å². The zero-order valence-electron chi connectivity index (χ0n) is 58.1. The van der Waals surface area contributed by atoms with Crippen LogP contribution in [0.2, 0.25) is 20.1 Å². The van der Waals surface area contributed by atoms with E-state index >= 15 is 0 Å². The third-order valence-electron chi connectivity index (χ3n) is 13.7. The third-order valence-corrected chi connectivity index (χ3v) is 16.3. The minimum absolute atomic E-state index is 0.0896. The highest BCUT2D eigenvalue weighted by molar-refractivity contribution is 9.10. The van der Waals surface area contributed by atoms with Crippen molar-refractivity contribution >= 4 is 74.1 Å². The van der Waals surface area contributed by atoms with Gasteiger partial charge in [-0.15, -0.1) is 13.2 Å². The topological polar surface area (TPSA) is 370 Å². The summed E-state index contributed by atoms with van der Waals surface area (Å²) in [5.74, 6) is -5.62. The molecule has 0 N–H and O–H groups in total. The quantitative estimate of drug-likeness (QED) is 0.0437. The Kier molecular flexibility index (Phi) is 48.8. The van der Waals surface area contributed by atoms with Crippen LogP contribution in [0.4, 0.5) is 43.9 Å². The molecule has 0 aliphatic heterocycles. The minimum atomic E-state index is -4.73. The maximum Gasteiger partial charge on any atom is 0.573 e. The van der Waals surface area contributed by atoms with E-state index < -0.39 is 78.4 Å². The molecule has 2 unspecified atom stereocenters. The van der Waals surface area contributed by atoms with Crippen molar-refractivity contribution in [2.45, 2.75) is 93.2 Å². The average molecular weight is 1690 g/mol. The van der Waals surface area contributed by atoms with E-state index in [0.717, 1.165) is 44.4 Å².